The van der Waals surface area contributed by atoms with Gasteiger partial charge in [-0.05, 0) is 38.0 Å². The van der Waals surface area contributed by atoms with Crippen LogP contribution in [0.1, 0.15) is 38.3 Å². The van der Waals surface area contributed by atoms with E-state index in [0.29, 0.717) is 16.5 Å². The zero-order valence-electron chi connectivity index (χ0n) is 10.4. The zero-order valence-corrected chi connectivity index (χ0v) is 11.9. The molecule has 0 amide bonds. The SMILES string of the molecule is CC(CCC(=O)O)NC(C)c1ccc(Cl)cc1Cl. The number of nitrogens with one attached hydrogen (secondary N) is 1. The van der Waals surface area contributed by atoms with Crippen molar-refractivity contribution in [2.45, 2.75) is 38.8 Å². The third-order valence-electron chi connectivity index (χ3n) is 2.75. The van der Waals surface area contributed by atoms with Gasteiger partial charge in [-0.15, -0.1) is 0 Å². The molecule has 2 unspecified atom stereocenters. The van der Waals surface area contributed by atoms with E-state index < -0.39 is 5.97 Å². The summed E-state index contributed by atoms with van der Waals surface area (Å²) in [6.45, 7) is 3.95. The van der Waals surface area contributed by atoms with Crippen molar-refractivity contribution in [3.63, 3.8) is 0 Å². The summed E-state index contributed by atoms with van der Waals surface area (Å²) in [6, 6.07) is 5.55. The van der Waals surface area contributed by atoms with Crippen LogP contribution in [0.25, 0.3) is 0 Å². The van der Waals surface area contributed by atoms with Gasteiger partial charge in [0, 0.05) is 28.5 Å². The van der Waals surface area contributed by atoms with E-state index >= 15 is 0 Å². The van der Waals surface area contributed by atoms with Gasteiger partial charge in [0.25, 0.3) is 0 Å². The van der Waals surface area contributed by atoms with Crippen LogP contribution in [0.5, 0.6) is 0 Å². The molecule has 1 rings (SSSR count). The molecule has 0 radical (unpaired) electrons. The monoisotopic (exact) mass is 289 g/mol. The fraction of sp³-hybridized carbons (Fsp3) is 0.462. The second-order valence-corrected chi connectivity index (χ2v) is 5.23. The number of carboxylic acids is 1. The van der Waals surface area contributed by atoms with Gasteiger partial charge in [-0.25, -0.2) is 0 Å². The zero-order chi connectivity index (χ0) is 13.7. The molecule has 0 aromatic heterocycles. The number of carbonyl (C=O) groups is 1. The summed E-state index contributed by atoms with van der Waals surface area (Å²) in [5, 5.41) is 13.2. The highest BCUT2D eigenvalue weighted by Crippen LogP contribution is 2.26. The second kappa shape index (κ2) is 6.98. The molecule has 18 heavy (non-hydrogen) atoms. The van der Waals surface area contributed by atoms with Crippen LogP contribution in [-0.2, 0) is 4.79 Å². The predicted octanol–water partition coefficient (Wildman–Crippen LogP) is 3.90. The Kier molecular flexibility index (Phi) is 5.93. The molecule has 0 spiro atoms. The summed E-state index contributed by atoms with van der Waals surface area (Å²) in [5.41, 5.74) is 0.961. The summed E-state index contributed by atoms with van der Waals surface area (Å²) in [5.74, 6) is -0.777. The average Bonchev–Trinajstić information content (AvgIpc) is 2.26. The summed E-state index contributed by atoms with van der Waals surface area (Å²) in [6.07, 6.45) is 0.750. The van der Waals surface area contributed by atoms with Gasteiger partial charge in [-0.3, -0.25) is 4.79 Å². The number of benzene rings is 1. The molecular formula is C13H17Cl2NO2. The van der Waals surface area contributed by atoms with Crippen LogP contribution in [0.3, 0.4) is 0 Å². The molecule has 1 aromatic carbocycles. The highest BCUT2D eigenvalue weighted by molar-refractivity contribution is 6.35. The van der Waals surface area contributed by atoms with Crippen molar-refractivity contribution in [3.05, 3.63) is 33.8 Å². The van der Waals surface area contributed by atoms with Crippen molar-refractivity contribution in [1.82, 2.24) is 5.32 Å². The Hall–Kier alpha value is -0.770. The molecule has 0 fully saturated rings. The smallest absolute Gasteiger partial charge is 0.303 e. The summed E-state index contributed by atoms with van der Waals surface area (Å²) in [4.78, 5) is 10.5. The van der Waals surface area contributed by atoms with Crippen LogP contribution in [0.2, 0.25) is 10.0 Å². The standard InChI is InChI=1S/C13H17Cl2NO2/c1-8(3-6-13(17)18)16-9(2)11-5-4-10(14)7-12(11)15/h4-5,7-9,16H,3,6H2,1-2H3,(H,17,18). The van der Waals surface area contributed by atoms with Gasteiger partial charge in [-0.2, -0.15) is 0 Å². The van der Waals surface area contributed by atoms with Crippen molar-refractivity contribution < 1.29 is 9.90 Å². The van der Waals surface area contributed by atoms with Gasteiger partial charge < -0.3 is 10.4 Å². The van der Waals surface area contributed by atoms with Crippen LogP contribution in [0.15, 0.2) is 18.2 Å². The molecule has 2 atom stereocenters. The molecule has 0 saturated heterocycles. The van der Waals surface area contributed by atoms with E-state index in [9.17, 15) is 4.79 Å². The molecule has 1 aromatic rings. The third kappa shape index (κ3) is 4.84. The number of carboxylic acid groups (broad SMARTS) is 1. The molecule has 0 aliphatic rings. The average molecular weight is 290 g/mol. The minimum absolute atomic E-state index is 0.0542. The van der Waals surface area contributed by atoms with E-state index in [0.717, 1.165) is 5.56 Å². The quantitative estimate of drug-likeness (QED) is 0.835. The Morgan fingerprint density at radius 1 is 1.39 bits per heavy atom. The predicted molar refractivity (Wildman–Crippen MR) is 74.3 cm³/mol. The van der Waals surface area contributed by atoms with Gasteiger partial charge in [0.05, 0.1) is 0 Å². The van der Waals surface area contributed by atoms with E-state index in [1.54, 1.807) is 12.1 Å². The Bertz CT molecular complexity index is 423. The maximum Gasteiger partial charge on any atom is 0.303 e. The summed E-state index contributed by atoms with van der Waals surface area (Å²) < 4.78 is 0. The highest BCUT2D eigenvalue weighted by atomic mass is 35.5. The Labute approximate surface area is 117 Å². The number of hydrogen-bond acceptors (Lipinski definition) is 2. The van der Waals surface area contributed by atoms with Gasteiger partial charge >= 0.3 is 5.97 Å². The van der Waals surface area contributed by atoms with Crippen molar-refractivity contribution >= 4 is 29.2 Å². The lowest BCUT2D eigenvalue weighted by Crippen LogP contribution is -2.29. The highest BCUT2D eigenvalue weighted by Gasteiger charge is 2.13. The maximum absolute atomic E-state index is 10.5. The van der Waals surface area contributed by atoms with Gasteiger partial charge in [0.2, 0.25) is 0 Å². The lowest BCUT2D eigenvalue weighted by molar-refractivity contribution is -0.137. The third-order valence-corrected chi connectivity index (χ3v) is 3.32. The molecule has 5 heteroatoms. The van der Waals surface area contributed by atoms with Crippen molar-refractivity contribution in [2.75, 3.05) is 0 Å². The maximum atomic E-state index is 10.5. The van der Waals surface area contributed by atoms with Crippen molar-refractivity contribution in [2.24, 2.45) is 0 Å². The summed E-state index contributed by atoms with van der Waals surface area (Å²) >= 11 is 12.0. The molecule has 100 valence electrons. The molecule has 0 aliphatic carbocycles. The first-order valence-electron chi connectivity index (χ1n) is 5.83. The number of aliphatic carboxylic acids is 1. The molecule has 2 N–H and O–H groups in total. The number of hydrogen-bond donors (Lipinski definition) is 2. The first-order chi connectivity index (χ1) is 8.40. The number of rotatable bonds is 6. The van der Waals surface area contributed by atoms with Crippen molar-refractivity contribution in [1.29, 1.82) is 0 Å². The normalized spacial score (nSPS) is 14.2. The lowest BCUT2D eigenvalue weighted by Gasteiger charge is -2.20. The largest absolute Gasteiger partial charge is 0.481 e. The topological polar surface area (TPSA) is 49.3 Å². The fourth-order valence-electron chi connectivity index (χ4n) is 1.79. The minimum Gasteiger partial charge on any atom is -0.481 e. The van der Waals surface area contributed by atoms with E-state index in [-0.39, 0.29) is 18.5 Å². The first-order valence-corrected chi connectivity index (χ1v) is 6.58. The lowest BCUT2D eigenvalue weighted by atomic mass is 10.1. The molecular weight excluding hydrogens is 273 g/mol. The van der Waals surface area contributed by atoms with Crippen LogP contribution < -0.4 is 5.32 Å². The van der Waals surface area contributed by atoms with Gasteiger partial charge in [-0.1, -0.05) is 29.3 Å². The van der Waals surface area contributed by atoms with E-state index in [1.165, 1.54) is 0 Å². The second-order valence-electron chi connectivity index (χ2n) is 4.39. The van der Waals surface area contributed by atoms with Crippen LogP contribution in [-0.4, -0.2) is 17.1 Å². The van der Waals surface area contributed by atoms with Gasteiger partial charge in [0.15, 0.2) is 0 Å². The van der Waals surface area contributed by atoms with Crippen LogP contribution in [0, 0.1) is 0 Å². The Morgan fingerprint density at radius 3 is 2.61 bits per heavy atom. The van der Waals surface area contributed by atoms with Gasteiger partial charge in [0.1, 0.15) is 0 Å². The van der Waals surface area contributed by atoms with Crippen LogP contribution in [0.4, 0.5) is 0 Å². The Morgan fingerprint density at radius 2 is 2.06 bits per heavy atom. The van der Waals surface area contributed by atoms with E-state index in [4.69, 9.17) is 28.3 Å². The van der Waals surface area contributed by atoms with E-state index in [1.807, 2.05) is 19.9 Å². The van der Waals surface area contributed by atoms with Crippen LogP contribution >= 0.6 is 23.2 Å². The molecule has 0 saturated carbocycles. The minimum atomic E-state index is -0.777. The van der Waals surface area contributed by atoms with Crippen molar-refractivity contribution in [3.8, 4) is 0 Å². The molecule has 0 aliphatic heterocycles. The molecule has 0 heterocycles. The van der Waals surface area contributed by atoms with E-state index in [2.05, 4.69) is 5.32 Å². The Balaban J connectivity index is 2.59. The number of halogens is 2. The summed E-state index contributed by atoms with van der Waals surface area (Å²) in [7, 11) is 0. The first kappa shape index (κ1) is 15.3. The fourth-order valence-corrected chi connectivity index (χ4v) is 2.36. The molecule has 0 bridgehead atoms. The molecule has 3 nitrogen and oxygen atoms in total.